The van der Waals surface area contributed by atoms with Gasteiger partial charge in [0, 0.05) is 134 Å². The molecule has 0 amide bonds. The van der Waals surface area contributed by atoms with Gasteiger partial charge in [0.15, 0.2) is 0 Å². The van der Waals surface area contributed by atoms with Crippen molar-refractivity contribution in [3.05, 3.63) is 400 Å². The van der Waals surface area contributed by atoms with Gasteiger partial charge >= 0.3 is 0 Å². The average Bonchev–Trinajstić information content (AvgIpc) is 1.53. The van der Waals surface area contributed by atoms with Crippen LogP contribution >= 0.6 is 11.3 Å². The third-order valence-corrected chi connectivity index (χ3v) is 27.8. The summed E-state index contributed by atoms with van der Waals surface area (Å²) in [5, 5.41) is 20.6. The van der Waals surface area contributed by atoms with Crippen molar-refractivity contribution in [1.29, 1.82) is 0 Å². The standard InChI is InChI=1S/C116H66N10OS/c1-4-27-68(28-5-1)107-81-37-12-20-45-92(81)118-115(121-107)125-96-49-24-17-40-84(96)103-105-86-60-55-73(67-51-53-70(54-52-67)109-83-39-14-19-44-91(83)117-114(120-109)124-95-48-23-16-34-78(95)90-64-72(58-62-98(90)124)71-57-61-97-89(63-71)77-33-15-22-47-94(77)123(97)75-31-8-3-9-32-75)66-100(86)127-112(105)102-76(42-26-43-88(102)111(103)125)74-56-59-85-99(65-74)126(116-119-93-46-21-13-38-82(93)108(122-116)69-29-6-2-7-30-69)110-79-35-10-11-36-80(79)113-106(104(85)110)87-41-18-25-50-101(87)128-113/h1-66H. The van der Waals surface area contributed by atoms with Gasteiger partial charge in [0.25, 0.3) is 0 Å². The Bertz CT molecular complexity index is 9660. The number of hydrogen-bond donors (Lipinski definition) is 0. The first-order chi connectivity index (χ1) is 63.5. The second-order valence-electron chi connectivity index (χ2n) is 33.4. The van der Waals surface area contributed by atoms with Gasteiger partial charge in [-0.15, -0.1) is 11.3 Å². The number of nitrogens with zero attached hydrogens (tertiary/aromatic N) is 10. The van der Waals surface area contributed by atoms with Crippen LogP contribution in [-0.2, 0) is 0 Å². The topological polar surface area (TPSA) is 110 Å². The van der Waals surface area contributed by atoms with Crippen molar-refractivity contribution in [3.63, 3.8) is 0 Å². The molecule has 0 saturated carbocycles. The van der Waals surface area contributed by atoms with E-state index in [1.54, 1.807) is 0 Å². The maximum Gasteiger partial charge on any atom is 0.235 e. The third-order valence-electron chi connectivity index (χ3n) is 26.6. The van der Waals surface area contributed by atoms with Gasteiger partial charge in [-0.1, -0.05) is 303 Å². The molecule has 0 aliphatic rings. The molecule has 0 aliphatic heterocycles. The Morgan fingerprint density at radius 3 is 1.23 bits per heavy atom. The number of furan rings is 1. The number of thiophene rings is 1. The summed E-state index contributed by atoms with van der Waals surface area (Å²) in [6.07, 6.45) is 0. The van der Waals surface area contributed by atoms with Crippen LogP contribution in [0.15, 0.2) is 405 Å². The van der Waals surface area contributed by atoms with E-state index >= 15 is 0 Å². The Hall–Kier alpha value is -17.1. The lowest BCUT2D eigenvalue weighted by Gasteiger charge is -2.15. The zero-order chi connectivity index (χ0) is 83.5. The van der Waals surface area contributed by atoms with Gasteiger partial charge in [-0.3, -0.25) is 13.7 Å². The Kier molecular flexibility index (Phi) is 15.0. The van der Waals surface area contributed by atoms with Gasteiger partial charge < -0.3 is 8.98 Å². The molecule has 28 rings (SSSR count). The van der Waals surface area contributed by atoms with Crippen molar-refractivity contribution in [1.82, 2.24) is 48.2 Å². The van der Waals surface area contributed by atoms with E-state index in [2.05, 4.69) is 419 Å². The smallest absolute Gasteiger partial charge is 0.235 e. The fourth-order valence-corrected chi connectivity index (χ4v) is 22.2. The average molecular weight is 1650 g/mol. The van der Waals surface area contributed by atoms with Crippen molar-refractivity contribution in [3.8, 4) is 90.7 Å². The lowest BCUT2D eigenvalue weighted by Crippen LogP contribution is -2.04. The summed E-state index contributed by atoms with van der Waals surface area (Å²) < 4.78 is 19.6. The van der Waals surface area contributed by atoms with Crippen LogP contribution < -0.4 is 0 Å². The van der Waals surface area contributed by atoms with Crippen molar-refractivity contribution < 1.29 is 4.42 Å². The normalized spacial score (nSPS) is 12.2. The maximum absolute atomic E-state index is 7.79. The number of benzene rings is 19. The summed E-state index contributed by atoms with van der Waals surface area (Å²) in [6.45, 7) is 0. The van der Waals surface area contributed by atoms with E-state index in [9.17, 15) is 0 Å². The SMILES string of the molecule is c1ccc(-c2nc(-n3c4ccccc4c4c5c6ccc(-c7ccc(-c8nc(-n9c%10ccccc%10c%10cc(-c%11ccc%12c(c%11)c%11ccccc%11n%12-c%11ccccc%11)ccc%109)nc9ccccc89)cc7)cc6oc5c5c(-c6ccc7c8c9c%10ccccc%10sc9c9ccccc9c8n(-c8nc(-c9ccccc9)c9ccccc9n8)c7c6)cccc5c43)nc3ccccc23)cc1. The molecule has 0 bridgehead atoms. The van der Waals surface area contributed by atoms with E-state index in [-0.39, 0.29) is 0 Å². The van der Waals surface area contributed by atoms with Crippen LogP contribution in [0, 0.1) is 0 Å². The lowest BCUT2D eigenvalue weighted by atomic mass is 9.92. The van der Waals surface area contributed by atoms with Gasteiger partial charge in [-0.05, 0) is 130 Å². The summed E-state index contributed by atoms with van der Waals surface area (Å²) in [4.78, 5) is 33.7. The third kappa shape index (κ3) is 10.3. The minimum atomic E-state index is 0.566. The number of fused-ring (bicyclic) bond motifs is 29. The molecular formula is C116H66N10OS. The highest BCUT2D eigenvalue weighted by Crippen LogP contribution is 2.53. The number of aromatic nitrogens is 10. The molecule has 0 radical (unpaired) electrons. The van der Waals surface area contributed by atoms with E-state index in [0.717, 1.165) is 209 Å². The first kappa shape index (κ1) is 70.5. The fourth-order valence-electron chi connectivity index (χ4n) is 21.0. The van der Waals surface area contributed by atoms with E-state index in [1.807, 2.05) is 11.3 Å². The molecule has 28 aromatic rings. The van der Waals surface area contributed by atoms with Crippen LogP contribution in [-0.4, -0.2) is 48.2 Å². The van der Waals surface area contributed by atoms with Crippen molar-refractivity contribution >= 4 is 195 Å². The monoisotopic (exact) mass is 1650 g/mol. The molecule has 19 aromatic carbocycles. The molecule has 0 saturated heterocycles. The number of rotatable bonds is 10. The molecule has 0 aliphatic carbocycles. The van der Waals surface area contributed by atoms with Crippen LogP contribution in [0.2, 0.25) is 0 Å². The van der Waals surface area contributed by atoms with Gasteiger partial charge in [-0.2, -0.15) is 0 Å². The molecule has 592 valence electrons. The second-order valence-corrected chi connectivity index (χ2v) is 34.5. The molecule has 0 unspecified atom stereocenters. The largest absolute Gasteiger partial charge is 0.455 e. The van der Waals surface area contributed by atoms with Crippen LogP contribution in [0.1, 0.15) is 0 Å². The molecule has 128 heavy (non-hydrogen) atoms. The van der Waals surface area contributed by atoms with E-state index < -0.39 is 0 Å². The number of hydrogen-bond acceptors (Lipinski definition) is 8. The molecule has 0 atom stereocenters. The number of para-hydroxylation sites is 7. The highest BCUT2D eigenvalue weighted by Gasteiger charge is 2.31. The Balaban J connectivity index is 0.637. The van der Waals surface area contributed by atoms with Gasteiger partial charge in [-0.25, -0.2) is 29.9 Å². The first-order valence-corrected chi connectivity index (χ1v) is 44.1. The lowest BCUT2D eigenvalue weighted by molar-refractivity contribution is 0.673. The molecular weight excluding hydrogens is 1580 g/mol. The van der Waals surface area contributed by atoms with E-state index in [0.29, 0.717) is 17.8 Å². The zero-order valence-corrected chi connectivity index (χ0v) is 69.2. The van der Waals surface area contributed by atoms with Crippen LogP contribution in [0.3, 0.4) is 0 Å². The van der Waals surface area contributed by atoms with Crippen molar-refractivity contribution in [2.45, 2.75) is 0 Å². The molecule has 0 spiro atoms. The zero-order valence-electron chi connectivity index (χ0n) is 68.4. The highest BCUT2D eigenvalue weighted by atomic mass is 32.1. The molecule has 0 N–H and O–H groups in total. The minimum Gasteiger partial charge on any atom is -0.455 e. The van der Waals surface area contributed by atoms with E-state index in [1.165, 1.54) is 47.4 Å². The van der Waals surface area contributed by atoms with Crippen LogP contribution in [0.4, 0.5) is 0 Å². The molecule has 0 fully saturated rings. The van der Waals surface area contributed by atoms with Gasteiger partial charge in [0.2, 0.25) is 17.8 Å². The first-order valence-electron chi connectivity index (χ1n) is 43.3. The van der Waals surface area contributed by atoms with Crippen LogP contribution in [0.25, 0.3) is 274 Å². The summed E-state index contributed by atoms with van der Waals surface area (Å²) >= 11 is 1.86. The molecule has 11 nitrogen and oxygen atoms in total. The molecule has 12 heteroatoms. The summed E-state index contributed by atoms with van der Waals surface area (Å²) in [7, 11) is 0. The molecule has 9 heterocycles. The summed E-state index contributed by atoms with van der Waals surface area (Å²) in [5.74, 6) is 1.75. The Labute approximate surface area is 733 Å². The van der Waals surface area contributed by atoms with Crippen molar-refractivity contribution in [2.75, 3.05) is 0 Å². The minimum absolute atomic E-state index is 0.566. The molecule has 9 aromatic heterocycles. The van der Waals surface area contributed by atoms with Crippen molar-refractivity contribution in [2.24, 2.45) is 0 Å². The van der Waals surface area contributed by atoms with Gasteiger partial charge in [0.1, 0.15) is 11.2 Å². The summed E-state index contributed by atoms with van der Waals surface area (Å²) in [6, 6.07) is 144. The Morgan fingerprint density at radius 2 is 0.617 bits per heavy atom. The summed E-state index contributed by atoms with van der Waals surface area (Å²) in [5.41, 5.74) is 25.4. The highest BCUT2D eigenvalue weighted by molar-refractivity contribution is 7.27. The predicted molar refractivity (Wildman–Crippen MR) is 531 cm³/mol. The maximum atomic E-state index is 7.79. The fraction of sp³-hybridized carbons (Fsp3) is 0. The predicted octanol–water partition coefficient (Wildman–Crippen LogP) is 30.5. The Morgan fingerprint density at radius 1 is 0.211 bits per heavy atom. The quantitative estimate of drug-likeness (QED) is 0.134. The van der Waals surface area contributed by atoms with Gasteiger partial charge in [0.05, 0.1) is 77.8 Å². The van der Waals surface area contributed by atoms with Crippen LogP contribution in [0.5, 0.6) is 0 Å². The van der Waals surface area contributed by atoms with E-state index in [4.69, 9.17) is 34.3 Å². The second kappa shape index (κ2) is 27.2.